The van der Waals surface area contributed by atoms with E-state index in [-0.39, 0.29) is 11.5 Å². The first-order valence-corrected chi connectivity index (χ1v) is 8.81. The van der Waals surface area contributed by atoms with Gasteiger partial charge in [-0.3, -0.25) is 0 Å². The van der Waals surface area contributed by atoms with Gasteiger partial charge in [-0.15, -0.1) is 0 Å². The lowest BCUT2D eigenvalue weighted by molar-refractivity contribution is 0.475. The molecular weight excluding hydrogens is 295 g/mol. The molecule has 0 aromatic heterocycles. The van der Waals surface area contributed by atoms with Gasteiger partial charge in [0.15, 0.2) is 10.6 Å². The molecule has 0 atom stereocenters. The maximum Gasteiger partial charge on any atom is 0.415 e. The predicted molar refractivity (Wildman–Crippen MR) is 95.0 cm³/mol. The first-order chi connectivity index (χ1) is 10.5. The minimum Gasteiger partial charge on any atom is -0.508 e. The van der Waals surface area contributed by atoms with Crippen LogP contribution in [-0.2, 0) is 4.57 Å². The number of hydrogen-bond acceptors (Lipinski definition) is 3. The predicted octanol–water partition coefficient (Wildman–Crippen LogP) is 4.71. The second-order valence-corrected chi connectivity index (χ2v) is 6.36. The Labute approximate surface area is 134 Å². The van der Waals surface area contributed by atoms with E-state index in [1.807, 2.05) is 0 Å². The highest BCUT2D eigenvalue weighted by Crippen LogP contribution is 2.21. The van der Waals surface area contributed by atoms with Crippen LogP contribution in [0.1, 0.15) is 40.5 Å². The summed E-state index contributed by atoms with van der Waals surface area (Å²) in [6.45, 7) is 8.50. The van der Waals surface area contributed by atoms with Crippen LogP contribution in [0.4, 0.5) is 0 Å². The third-order valence-electron chi connectivity index (χ3n) is 2.17. The molecule has 0 aliphatic carbocycles. The molecule has 120 valence electrons. The van der Waals surface area contributed by atoms with Crippen LogP contribution >= 0.6 is 7.80 Å². The summed E-state index contributed by atoms with van der Waals surface area (Å²) < 4.78 is 12.1. The normalized spacial score (nSPS) is 8.91. The van der Waals surface area contributed by atoms with Gasteiger partial charge in [-0.25, -0.2) is 0 Å². The average Bonchev–Trinajstić information content (AvgIpc) is 2.50. The zero-order chi connectivity index (χ0) is 17.0. The number of benzene rings is 2. The summed E-state index contributed by atoms with van der Waals surface area (Å²) in [4.78, 5) is 0. The largest absolute Gasteiger partial charge is 0.508 e. The van der Waals surface area contributed by atoms with Crippen molar-refractivity contribution < 1.29 is 14.8 Å². The molecular formula is C18H26O3P+. The summed E-state index contributed by atoms with van der Waals surface area (Å²) >= 11 is 0. The van der Waals surface area contributed by atoms with E-state index in [9.17, 15) is 4.57 Å². The van der Waals surface area contributed by atoms with Crippen molar-refractivity contribution in [2.45, 2.75) is 40.5 Å². The van der Waals surface area contributed by atoms with Crippen molar-refractivity contribution in [2.75, 3.05) is 0 Å². The fourth-order valence-corrected chi connectivity index (χ4v) is 2.46. The second kappa shape index (κ2) is 11.8. The summed E-state index contributed by atoms with van der Waals surface area (Å²) in [7, 11) is -1.67. The Hall–Kier alpha value is -1.86. The van der Waals surface area contributed by atoms with Crippen molar-refractivity contribution in [3.05, 3.63) is 48.5 Å². The van der Waals surface area contributed by atoms with E-state index >= 15 is 0 Å². The van der Waals surface area contributed by atoms with Gasteiger partial charge < -0.3 is 10.2 Å². The van der Waals surface area contributed by atoms with Gasteiger partial charge in [0.05, 0.1) is 0 Å². The van der Waals surface area contributed by atoms with E-state index in [1.165, 1.54) is 37.1 Å². The summed E-state index contributed by atoms with van der Waals surface area (Å²) in [5, 5.41) is 19.5. The molecule has 2 N–H and O–H groups in total. The Kier molecular flexibility index (Phi) is 10.8. The third kappa shape index (κ3) is 7.80. The maximum atomic E-state index is 12.1. The van der Waals surface area contributed by atoms with Crippen LogP contribution in [0, 0.1) is 0 Å². The van der Waals surface area contributed by atoms with Gasteiger partial charge in [-0.05, 0) is 48.5 Å². The highest BCUT2D eigenvalue weighted by molar-refractivity contribution is 7.61. The van der Waals surface area contributed by atoms with Crippen molar-refractivity contribution in [1.29, 1.82) is 0 Å². The Morgan fingerprint density at radius 1 is 0.682 bits per heavy atom. The molecule has 2 aromatic rings. The highest BCUT2D eigenvalue weighted by atomic mass is 31.1. The number of aromatic hydroxyl groups is 2. The fraction of sp³-hybridized carbons (Fsp3) is 0.333. The molecule has 2 aromatic carbocycles. The molecule has 0 aliphatic rings. The highest BCUT2D eigenvalue weighted by Gasteiger charge is 2.22. The molecule has 0 saturated carbocycles. The summed E-state index contributed by atoms with van der Waals surface area (Å²) in [6, 6.07) is 12.5. The van der Waals surface area contributed by atoms with E-state index < -0.39 is 7.80 Å². The van der Waals surface area contributed by atoms with E-state index in [2.05, 4.69) is 27.7 Å². The molecule has 0 aliphatic heterocycles. The van der Waals surface area contributed by atoms with Gasteiger partial charge in [-0.1, -0.05) is 45.1 Å². The van der Waals surface area contributed by atoms with E-state index in [0.29, 0.717) is 10.6 Å². The minimum atomic E-state index is -1.67. The monoisotopic (exact) mass is 321 g/mol. The van der Waals surface area contributed by atoms with Gasteiger partial charge >= 0.3 is 7.80 Å². The SMILES string of the molecule is CCC.CCC.O=[P+](c1ccc(O)cc1)c1ccc(O)cc1. The van der Waals surface area contributed by atoms with Crippen LogP contribution in [0.25, 0.3) is 0 Å². The van der Waals surface area contributed by atoms with Crippen LogP contribution in [0.3, 0.4) is 0 Å². The minimum absolute atomic E-state index is 0.151. The first kappa shape index (κ1) is 20.1. The second-order valence-electron chi connectivity index (χ2n) is 4.74. The molecule has 22 heavy (non-hydrogen) atoms. The zero-order valence-corrected chi connectivity index (χ0v) is 14.7. The van der Waals surface area contributed by atoms with Gasteiger partial charge in [0.2, 0.25) is 0 Å². The molecule has 0 amide bonds. The lowest BCUT2D eigenvalue weighted by Crippen LogP contribution is -2.05. The molecule has 0 unspecified atom stereocenters. The number of rotatable bonds is 2. The number of hydrogen-bond donors (Lipinski definition) is 2. The molecule has 2 rings (SSSR count). The molecule has 0 spiro atoms. The van der Waals surface area contributed by atoms with Crippen LogP contribution in [0.2, 0.25) is 0 Å². The van der Waals surface area contributed by atoms with Gasteiger partial charge in [0.25, 0.3) is 0 Å². The van der Waals surface area contributed by atoms with Crippen molar-refractivity contribution in [3.8, 4) is 11.5 Å². The van der Waals surface area contributed by atoms with Gasteiger partial charge in [0.1, 0.15) is 11.5 Å². The summed E-state index contributed by atoms with van der Waals surface area (Å²) in [6.07, 6.45) is 2.50. The van der Waals surface area contributed by atoms with Gasteiger partial charge in [0, 0.05) is 0 Å². The molecule has 0 radical (unpaired) electrons. The molecule has 0 saturated heterocycles. The van der Waals surface area contributed by atoms with Crippen molar-refractivity contribution >= 4 is 18.4 Å². The molecule has 0 heterocycles. The lowest BCUT2D eigenvalue weighted by Gasteiger charge is -1.92. The Morgan fingerprint density at radius 3 is 1.14 bits per heavy atom. The smallest absolute Gasteiger partial charge is 0.415 e. The first-order valence-electron chi connectivity index (χ1n) is 7.55. The van der Waals surface area contributed by atoms with Gasteiger partial charge in [-0.2, -0.15) is 0 Å². The van der Waals surface area contributed by atoms with Crippen molar-refractivity contribution in [3.63, 3.8) is 0 Å². The number of phenolic OH excluding ortho intramolecular Hbond substituents is 2. The zero-order valence-electron chi connectivity index (χ0n) is 13.8. The molecule has 4 heteroatoms. The Bertz CT molecular complexity index is 484. The summed E-state index contributed by atoms with van der Waals surface area (Å²) in [5.41, 5.74) is 0. The van der Waals surface area contributed by atoms with Crippen molar-refractivity contribution in [2.24, 2.45) is 0 Å². The standard InChI is InChI=1S/C12H9O3P.2C3H8/c13-9-1-5-11(6-2-9)16(15)12-7-3-10(14)4-8-12;2*1-3-2/h1-8H,(H-,13,14,15);2*3H2,1-2H3/p+1. The lowest BCUT2D eigenvalue weighted by atomic mass is 10.3. The summed E-state index contributed by atoms with van der Waals surface area (Å²) in [5.74, 6) is 0.302. The van der Waals surface area contributed by atoms with E-state index in [1.54, 1.807) is 24.3 Å². The van der Waals surface area contributed by atoms with Crippen LogP contribution in [0.5, 0.6) is 11.5 Å². The Morgan fingerprint density at radius 2 is 0.909 bits per heavy atom. The molecule has 3 nitrogen and oxygen atoms in total. The topological polar surface area (TPSA) is 57.5 Å². The molecule has 0 fully saturated rings. The van der Waals surface area contributed by atoms with E-state index in [0.717, 1.165) is 0 Å². The van der Waals surface area contributed by atoms with Crippen LogP contribution < -0.4 is 10.6 Å². The molecule has 0 bridgehead atoms. The van der Waals surface area contributed by atoms with Crippen LogP contribution in [-0.4, -0.2) is 10.2 Å². The third-order valence-corrected chi connectivity index (χ3v) is 3.70. The van der Waals surface area contributed by atoms with E-state index in [4.69, 9.17) is 10.2 Å². The number of phenols is 2. The average molecular weight is 321 g/mol. The fourth-order valence-electron chi connectivity index (χ4n) is 1.33. The van der Waals surface area contributed by atoms with Crippen molar-refractivity contribution in [1.82, 2.24) is 0 Å². The Balaban J connectivity index is 0.000000639. The maximum absolute atomic E-state index is 12.1. The van der Waals surface area contributed by atoms with Crippen LogP contribution in [0.15, 0.2) is 48.5 Å². The quantitative estimate of drug-likeness (QED) is 0.788.